The van der Waals surface area contributed by atoms with Crippen molar-refractivity contribution in [1.82, 2.24) is 5.43 Å². The minimum Gasteiger partial charge on any atom is -0.329 e. The molecule has 0 aliphatic rings. The molecule has 1 aromatic carbocycles. The van der Waals surface area contributed by atoms with Crippen molar-refractivity contribution in [3.8, 4) is 0 Å². The third-order valence-electron chi connectivity index (χ3n) is 1.41. The minimum atomic E-state index is -1.56. The van der Waals surface area contributed by atoms with E-state index in [4.69, 9.17) is 5.84 Å². The Morgan fingerprint density at radius 2 is 1.86 bits per heavy atom. The maximum Gasteiger partial charge on any atom is 0.196 e. The Labute approximate surface area is 83.1 Å². The Morgan fingerprint density at radius 3 is 2.43 bits per heavy atom. The lowest BCUT2D eigenvalue weighted by molar-refractivity contribution is 0.449. The van der Waals surface area contributed by atoms with Crippen LogP contribution in [0.5, 0.6) is 0 Å². The highest BCUT2D eigenvalue weighted by atomic mass is 32.1. The van der Waals surface area contributed by atoms with E-state index in [1.165, 1.54) is 0 Å². The largest absolute Gasteiger partial charge is 0.329 e. The van der Waals surface area contributed by atoms with E-state index in [1.54, 1.807) is 0 Å². The summed E-state index contributed by atoms with van der Waals surface area (Å²) in [5.74, 6) is 0.725. The quantitative estimate of drug-likeness (QED) is 0.289. The van der Waals surface area contributed by atoms with Crippen molar-refractivity contribution in [3.63, 3.8) is 0 Å². The molecule has 0 unspecified atom stereocenters. The Kier molecular flexibility index (Phi) is 3.26. The van der Waals surface area contributed by atoms with Gasteiger partial charge in [0, 0.05) is 0 Å². The first kappa shape index (κ1) is 10.7. The summed E-state index contributed by atoms with van der Waals surface area (Å²) in [5.41, 5.74) is 1.73. The fourth-order valence-corrected chi connectivity index (χ4v) is 0.891. The zero-order chi connectivity index (χ0) is 10.7. The molecule has 0 aromatic heterocycles. The van der Waals surface area contributed by atoms with E-state index >= 15 is 0 Å². The van der Waals surface area contributed by atoms with Crippen LogP contribution in [-0.4, -0.2) is 5.11 Å². The van der Waals surface area contributed by atoms with E-state index in [-0.39, 0.29) is 10.8 Å². The van der Waals surface area contributed by atoms with Crippen LogP contribution in [-0.2, 0) is 0 Å². The molecule has 0 bridgehead atoms. The molecular weight excluding hydrogens is 215 g/mol. The molecule has 1 aromatic rings. The molecule has 14 heavy (non-hydrogen) atoms. The van der Waals surface area contributed by atoms with E-state index < -0.39 is 17.5 Å². The van der Waals surface area contributed by atoms with Crippen molar-refractivity contribution in [2.75, 3.05) is 5.32 Å². The summed E-state index contributed by atoms with van der Waals surface area (Å²) in [4.78, 5) is 0. The van der Waals surface area contributed by atoms with Crippen molar-refractivity contribution in [3.05, 3.63) is 29.6 Å². The predicted molar refractivity (Wildman–Crippen MR) is 49.9 cm³/mol. The number of hydrogen-bond donors (Lipinski definition) is 3. The van der Waals surface area contributed by atoms with Gasteiger partial charge in [-0.05, 0) is 24.4 Å². The van der Waals surface area contributed by atoms with Crippen molar-refractivity contribution >= 4 is 23.0 Å². The zero-order valence-corrected chi connectivity index (χ0v) is 7.59. The third kappa shape index (κ3) is 2.12. The Bertz CT molecular complexity index is 369. The number of benzene rings is 1. The third-order valence-corrected chi connectivity index (χ3v) is 1.63. The molecule has 0 fully saturated rings. The van der Waals surface area contributed by atoms with Gasteiger partial charge in [-0.2, -0.15) is 0 Å². The number of anilines is 1. The van der Waals surface area contributed by atoms with Crippen molar-refractivity contribution in [2.24, 2.45) is 5.84 Å². The maximum absolute atomic E-state index is 13.0. The average molecular weight is 221 g/mol. The summed E-state index contributed by atoms with van der Waals surface area (Å²) in [6, 6.07) is 1.79. The van der Waals surface area contributed by atoms with Crippen LogP contribution in [0.2, 0.25) is 0 Å². The maximum atomic E-state index is 13.0. The van der Waals surface area contributed by atoms with Crippen LogP contribution >= 0.6 is 12.2 Å². The molecule has 0 amide bonds. The van der Waals surface area contributed by atoms with Gasteiger partial charge < -0.3 is 10.7 Å². The first-order valence-electron chi connectivity index (χ1n) is 3.47. The SMILES string of the molecule is NNC(=S)Nc1ccc(F)c(F)c1F. The van der Waals surface area contributed by atoms with E-state index in [0.29, 0.717) is 0 Å². The van der Waals surface area contributed by atoms with E-state index in [2.05, 4.69) is 17.5 Å². The van der Waals surface area contributed by atoms with Crippen LogP contribution in [0, 0.1) is 17.5 Å². The number of thiocarbonyl (C=S) groups is 1. The summed E-state index contributed by atoms with van der Waals surface area (Å²) in [6.45, 7) is 0. The van der Waals surface area contributed by atoms with E-state index in [1.807, 2.05) is 5.43 Å². The number of halogens is 3. The van der Waals surface area contributed by atoms with Gasteiger partial charge in [0.25, 0.3) is 0 Å². The van der Waals surface area contributed by atoms with Gasteiger partial charge in [0.15, 0.2) is 22.6 Å². The summed E-state index contributed by atoms with van der Waals surface area (Å²) in [6.07, 6.45) is 0. The monoisotopic (exact) mass is 221 g/mol. The minimum absolute atomic E-state index is 0.102. The highest BCUT2D eigenvalue weighted by Gasteiger charge is 2.13. The summed E-state index contributed by atoms with van der Waals surface area (Å²) in [5, 5.41) is 2.14. The second-order valence-corrected chi connectivity index (χ2v) is 2.73. The highest BCUT2D eigenvalue weighted by Crippen LogP contribution is 2.19. The topological polar surface area (TPSA) is 50.1 Å². The molecular formula is C7H6F3N3S. The lowest BCUT2D eigenvalue weighted by Gasteiger charge is -2.08. The number of nitrogens with two attached hydrogens (primary N) is 1. The lowest BCUT2D eigenvalue weighted by Crippen LogP contribution is -2.34. The molecule has 0 saturated carbocycles. The van der Waals surface area contributed by atoms with E-state index in [9.17, 15) is 13.2 Å². The molecule has 0 spiro atoms. The normalized spacial score (nSPS) is 9.71. The molecule has 7 heteroatoms. The fraction of sp³-hybridized carbons (Fsp3) is 0. The molecule has 1 rings (SSSR count). The lowest BCUT2D eigenvalue weighted by atomic mass is 10.3. The molecule has 4 N–H and O–H groups in total. The van der Waals surface area contributed by atoms with Gasteiger partial charge in [-0.25, -0.2) is 19.0 Å². The zero-order valence-electron chi connectivity index (χ0n) is 6.77. The average Bonchev–Trinajstić information content (AvgIpc) is 2.19. The van der Waals surface area contributed by atoms with Gasteiger partial charge in [-0.1, -0.05) is 0 Å². The van der Waals surface area contributed by atoms with Crippen molar-refractivity contribution in [2.45, 2.75) is 0 Å². The van der Waals surface area contributed by atoms with Crippen LogP contribution < -0.4 is 16.6 Å². The molecule has 0 heterocycles. The second-order valence-electron chi connectivity index (χ2n) is 2.32. The molecule has 76 valence electrons. The van der Waals surface area contributed by atoms with Crippen LogP contribution in [0.4, 0.5) is 18.9 Å². The standard InChI is InChI=1S/C7H6F3N3S/c8-3-1-2-4(6(10)5(3)9)12-7(14)13-11/h1-2H,11H2,(H2,12,13,14). The van der Waals surface area contributed by atoms with Crippen molar-refractivity contribution < 1.29 is 13.2 Å². The van der Waals surface area contributed by atoms with Gasteiger partial charge in [-0.3, -0.25) is 0 Å². The molecule has 3 nitrogen and oxygen atoms in total. The number of rotatable bonds is 1. The highest BCUT2D eigenvalue weighted by molar-refractivity contribution is 7.80. The fourth-order valence-electron chi connectivity index (χ4n) is 0.781. The van der Waals surface area contributed by atoms with Gasteiger partial charge >= 0.3 is 0 Å². The molecule has 0 radical (unpaired) electrons. The molecule has 0 aliphatic carbocycles. The van der Waals surface area contributed by atoms with Crippen molar-refractivity contribution in [1.29, 1.82) is 0 Å². The smallest absolute Gasteiger partial charge is 0.196 e. The van der Waals surface area contributed by atoms with Gasteiger partial charge in [0.1, 0.15) is 0 Å². The molecule has 0 aliphatic heterocycles. The Balaban J connectivity index is 3.00. The first-order valence-corrected chi connectivity index (χ1v) is 3.88. The summed E-state index contributed by atoms with van der Waals surface area (Å²) >= 11 is 4.54. The Hall–Kier alpha value is -1.34. The van der Waals surface area contributed by atoms with Gasteiger partial charge in [-0.15, -0.1) is 0 Å². The van der Waals surface area contributed by atoms with Crippen LogP contribution in [0.3, 0.4) is 0 Å². The number of nitrogens with one attached hydrogen (secondary N) is 2. The molecule has 0 saturated heterocycles. The Morgan fingerprint density at radius 1 is 1.21 bits per heavy atom. The number of hydrogen-bond acceptors (Lipinski definition) is 2. The predicted octanol–water partition coefficient (Wildman–Crippen LogP) is 1.26. The number of hydrazine groups is 1. The first-order chi connectivity index (χ1) is 6.56. The second kappa shape index (κ2) is 4.25. The van der Waals surface area contributed by atoms with Crippen LogP contribution in [0.25, 0.3) is 0 Å². The van der Waals surface area contributed by atoms with Gasteiger partial charge in [0.05, 0.1) is 5.69 Å². The van der Waals surface area contributed by atoms with Gasteiger partial charge in [0.2, 0.25) is 0 Å². The van der Waals surface area contributed by atoms with Crippen LogP contribution in [0.15, 0.2) is 12.1 Å². The summed E-state index contributed by atoms with van der Waals surface area (Å²) < 4.78 is 38.1. The van der Waals surface area contributed by atoms with Crippen LogP contribution in [0.1, 0.15) is 0 Å². The van der Waals surface area contributed by atoms with E-state index in [0.717, 1.165) is 12.1 Å². The molecule has 0 atom stereocenters. The summed E-state index contributed by atoms with van der Waals surface area (Å²) in [7, 11) is 0.